The molecule has 150 valence electrons. The molecule has 0 bridgehead atoms. The van der Waals surface area contributed by atoms with Gasteiger partial charge in [0.05, 0.1) is 5.56 Å². The molecule has 0 fully saturated rings. The first kappa shape index (κ1) is 20.3. The van der Waals surface area contributed by atoms with Crippen molar-refractivity contribution >= 4 is 28.9 Å². The molecule has 6 nitrogen and oxygen atoms in total. The normalized spacial score (nSPS) is 10.4. The predicted molar refractivity (Wildman–Crippen MR) is 119 cm³/mol. The Hall–Kier alpha value is -3.41. The Morgan fingerprint density at radius 3 is 2.00 bits per heavy atom. The molecule has 0 saturated carbocycles. The summed E-state index contributed by atoms with van der Waals surface area (Å²) in [5.74, 6) is 0.216. The molecular weight excluding hydrogens is 362 g/mol. The Kier molecular flexibility index (Phi) is 6.79. The third-order valence-electron chi connectivity index (χ3n) is 4.79. The molecule has 6 heteroatoms. The number of amides is 1. The number of carbonyl (C=O) groups excluding carboxylic acids is 1. The van der Waals surface area contributed by atoms with Gasteiger partial charge in [-0.05, 0) is 62.2 Å². The molecule has 1 aromatic heterocycles. The van der Waals surface area contributed by atoms with Gasteiger partial charge in [0.15, 0.2) is 0 Å². The van der Waals surface area contributed by atoms with Gasteiger partial charge in [-0.25, -0.2) is 9.97 Å². The van der Waals surface area contributed by atoms with E-state index in [1.54, 1.807) is 0 Å². The van der Waals surface area contributed by atoms with Crippen LogP contribution in [0.4, 0.5) is 23.0 Å². The number of aryl methyl sites for hydroxylation is 1. The minimum absolute atomic E-state index is 0.232. The van der Waals surface area contributed by atoms with Gasteiger partial charge in [0, 0.05) is 42.5 Å². The van der Waals surface area contributed by atoms with Gasteiger partial charge in [-0.1, -0.05) is 19.1 Å². The second-order valence-corrected chi connectivity index (χ2v) is 6.64. The van der Waals surface area contributed by atoms with Crippen LogP contribution in [0.5, 0.6) is 0 Å². The number of rotatable bonds is 8. The summed E-state index contributed by atoms with van der Waals surface area (Å²) < 4.78 is 0. The zero-order valence-corrected chi connectivity index (χ0v) is 17.1. The van der Waals surface area contributed by atoms with Crippen molar-refractivity contribution < 1.29 is 4.79 Å². The summed E-state index contributed by atoms with van der Waals surface area (Å²) in [5, 5.41) is 6.02. The second kappa shape index (κ2) is 9.68. The van der Waals surface area contributed by atoms with E-state index in [0.29, 0.717) is 11.5 Å². The number of carbonyl (C=O) groups is 1. The van der Waals surface area contributed by atoms with Crippen molar-refractivity contribution in [3.63, 3.8) is 0 Å². The first-order valence-electron chi connectivity index (χ1n) is 9.97. The average Bonchev–Trinajstić information content (AvgIpc) is 2.77. The summed E-state index contributed by atoms with van der Waals surface area (Å²) in [6.45, 7) is 8.32. The smallest absolute Gasteiger partial charge is 0.258 e. The second-order valence-electron chi connectivity index (χ2n) is 6.64. The number of benzene rings is 2. The van der Waals surface area contributed by atoms with Gasteiger partial charge in [0.25, 0.3) is 5.91 Å². The molecule has 1 heterocycles. The fourth-order valence-corrected chi connectivity index (χ4v) is 3.01. The molecule has 0 saturated heterocycles. The lowest BCUT2D eigenvalue weighted by Gasteiger charge is -2.21. The molecule has 0 unspecified atom stereocenters. The van der Waals surface area contributed by atoms with Crippen molar-refractivity contribution in [3.05, 3.63) is 72.1 Å². The molecule has 2 N–H and O–H groups in total. The van der Waals surface area contributed by atoms with E-state index in [2.05, 4.69) is 58.4 Å². The van der Waals surface area contributed by atoms with Crippen molar-refractivity contribution in [2.45, 2.75) is 27.2 Å². The van der Waals surface area contributed by atoms with Crippen LogP contribution in [-0.2, 0) is 6.42 Å². The van der Waals surface area contributed by atoms with E-state index >= 15 is 0 Å². The van der Waals surface area contributed by atoms with E-state index in [0.717, 1.165) is 30.9 Å². The standard InChI is InChI=1S/C23H27N5O/c1-4-17-7-9-19(10-8-17)26-22(29)18-15-24-23(25-16-18)27-20-11-13-21(14-12-20)28(5-2)6-3/h7-16H,4-6H2,1-3H3,(H,26,29)(H,24,25,27). The number of nitrogens with zero attached hydrogens (tertiary/aromatic N) is 3. The molecule has 29 heavy (non-hydrogen) atoms. The van der Waals surface area contributed by atoms with E-state index < -0.39 is 0 Å². The Labute approximate surface area is 172 Å². The van der Waals surface area contributed by atoms with E-state index in [1.165, 1.54) is 23.6 Å². The number of nitrogens with one attached hydrogen (secondary N) is 2. The zero-order valence-electron chi connectivity index (χ0n) is 17.1. The summed E-state index contributed by atoms with van der Waals surface area (Å²) in [6, 6.07) is 15.9. The predicted octanol–water partition coefficient (Wildman–Crippen LogP) is 4.88. The number of hydrogen-bond acceptors (Lipinski definition) is 5. The van der Waals surface area contributed by atoms with Gasteiger partial charge in [-0.2, -0.15) is 0 Å². The van der Waals surface area contributed by atoms with Crippen LogP contribution in [0.1, 0.15) is 36.7 Å². The lowest BCUT2D eigenvalue weighted by molar-refractivity contribution is 0.102. The maximum absolute atomic E-state index is 12.4. The van der Waals surface area contributed by atoms with Crippen LogP contribution < -0.4 is 15.5 Å². The van der Waals surface area contributed by atoms with E-state index in [-0.39, 0.29) is 5.91 Å². The first-order valence-corrected chi connectivity index (χ1v) is 9.97. The molecule has 0 spiro atoms. The maximum Gasteiger partial charge on any atom is 0.258 e. The fourth-order valence-electron chi connectivity index (χ4n) is 3.01. The van der Waals surface area contributed by atoms with E-state index in [9.17, 15) is 4.79 Å². The molecule has 0 radical (unpaired) electrons. The highest BCUT2D eigenvalue weighted by Crippen LogP contribution is 2.19. The maximum atomic E-state index is 12.4. The third kappa shape index (κ3) is 5.31. The Bertz CT molecular complexity index is 917. The van der Waals surface area contributed by atoms with Gasteiger partial charge >= 0.3 is 0 Å². The first-order chi connectivity index (χ1) is 14.1. The monoisotopic (exact) mass is 389 g/mol. The van der Waals surface area contributed by atoms with Gasteiger partial charge in [0.2, 0.25) is 5.95 Å². The SMILES string of the molecule is CCc1ccc(NC(=O)c2cnc(Nc3ccc(N(CC)CC)cc3)nc2)cc1. The summed E-state index contributed by atoms with van der Waals surface area (Å²) in [5.41, 5.74) is 4.47. The summed E-state index contributed by atoms with van der Waals surface area (Å²) in [4.78, 5) is 23.2. The quantitative estimate of drug-likeness (QED) is 0.574. The highest BCUT2D eigenvalue weighted by atomic mass is 16.1. The molecule has 3 aromatic rings. The van der Waals surface area contributed by atoms with Crippen LogP contribution in [0.2, 0.25) is 0 Å². The summed E-state index contributed by atoms with van der Waals surface area (Å²) in [6.07, 6.45) is 4.01. The van der Waals surface area contributed by atoms with Crippen LogP contribution >= 0.6 is 0 Å². The van der Waals surface area contributed by atoms with Gasteiger partial charge in [-0.15, -0.1) is 0 Å². The molecule has 3 rings (SSSR count). The van der Waals surface area contributed by atoms with Crippen LogP contribution in [-0.4, -0.2) is 29.0 Å². The highest BCUT2D eigenvalue weighted by molar-refractivity contribution is 6.03. The van der Waals surface area contributed by atoms with Crippen molar-refractivity contribution in [3.8, 4) is 0 Å². The molecule has 0 aliphatic rings. The minimum Gasteiger partial charge on any atom is -0.372 e. The molecule has 0 atom stereocenters. The van der Waals surface area contributed by atoms with Crippen molar-refractivity contribution in [2.75, 3.05) is 28.6 Å². The Morgan fingerprint density at radius 2 is 1.45 bits per heavy atom. The van der Waals surface area contributed by atoms with Crippen LogP contribution in [0.25, 0.3) is 0 Å². The molecule has 2 aromatic carbocycles. The van der Waals surface area contributed by atoms with Crippen molar-refractivity contribution in [1.29, 1.82) is 0 Å². The largest absolute Gasteiger partial charge is 0.372 e. The topological polar surface area (TPSA) is 70.2 Å². The van der Waals surface area contributed by atoms with Crippen molar-refractivity contribution in [2.24, 2.45) is 0 Å². The summed E-state index contributed by atoms with van der Waals surface area (Å²) in [7, 11) is 0. The Balaban J connectivity index is 1.61. The lowest BCUT2D eigenvalue weighted by Crippen LogP contribution is -2.21. The molecular formula is C23H27N5O. The zero-order chi connectivity index (χ0) is 20.6. The molecule has 0 aliphatic heterocycles. The van der Waals surface area contributed by atoms with Gasteiger partial charge in [0.1, 0.15) is 0 Å². The lowest BCUT2D eigenvalue weighted by atomic mass is 10.1. The van der Waals surface area contributed by atoms with E-state index in [1.807, 2.05) is 36.4 Å². The molecule has 1 amide bonds. The van der Waals surface area contributed by atoms with E-state index in [4.69, 9.17) is 0 Å². The minimum atomic E-state index is -0.232. The Morgan fingerprint density at radius 1 is 0.862 bits per heavy atom. The third-order valence-corrected chi connectivity index (χ3v) is 4.79. The fraction of sp³-hybridized carbons (Fsp3) is 0.261. The van der Waals surface area contributed by atoms with Gasteiger partial charge < -0.3 is 15.5 Å². The van der Waals surface area contributed by atoms with Crippen LogP contribution in [0, 0.1) is 0 Å². The average molecular weight is 390 g/mol. The van der Waals surface area contributed by atoms with Crippen LogP contribution in [0.15, 0.2) is 60.9 Å². The number of anilines is 4. The van der Waals surface area contributed by atoms with Crippen molar-refractivity contribution in [1.82, 2.24) is 9.97 Å². The summed E-state index contributed by atoms with van der Waals surface area (Å²) >= 11 is 0. The number of aromatic nitrogens is 2. The number of hydrogen-bond donors (Lipinski definition) is 2. The van der Waals surface area contributed by atoms with Crippen LogP contribution in [0.3, 0.4) is 0 Å². The van der Waals surface area contributed by atoms with Gasteiger partial charge in [-0.3, -0.25) is 4.79 Å². The molecule has 0 aliphatic carbocycles. The highest BCUT2D eigenvalue weighted by Gasteiger charge is 2.08.